The van der Waals surface area contributed by atoms with Gasteiger partial charge in [-0.15, -0.1) is 0 Å². The van der Waals surface area contributed by atoms with Crippen molar-refractivity contribution in [1.29, 1.82) is 0 Å². The van der Waals surface area contributed by atoms with Crippen molar-refractivity contribution in [2.75, 3.05) is 26.4 Å². The van der Waals surface area contributed by atoms with Gasteiger partial charge < -0.3 is 10.0 Å². The zero-order valence-electron chi connectivity index (χ0n) is 7.95. The number of hydrogen-bond acceptors (Lipinski definition) is 4. The summed E-state index contributed by atoms with van der Waals surface area (Å²) in [6, 6.07) is 0. The van der Waals surface area contributed by atoms with Gasteiger partial charge in [0.05, 0.1) is 0 Å². The molecule has 0 saturated carbocycles. The molecule has 0 heterocycles. The molecule has 0 saturated heterocycles. The van der Waals surface area contributed by atoms with Crippen molar-refractivity contribution in [3.05, 3.63) is 0 Å². The Morgan fingerprint density at radius 1 is 1.46 bits per heavy atom. The van der Waals surface area contributed by atoms with Gasteiger partial charge in [-0.2, -0.15) is 0 Å². The van der Waals surface area contributed by atoms with E-state index >= 15 is 0 Å². The number of nitrogens with one attached hydrogen (secondary N) is 1. The molecule has 1 amide bonds. The lowest BCUT2D eigenvalue weighted by molar-refractivity contribution is 0.202. The fourth-order valence-corrected chi connectivity index (χ4v) is 2.23. The highest BCUT2D eigenvalue weighted by atomic mass is 33.1. The zero-order chi connectivity index (χ0) is 10.1. The molecule has 78 valence electrons. The highest BCUT2D eigenvalue weighted by Crippen LogP contribution is 2.18. The van der Waals surface area contributed by atoms with Crippen molar-refractivity contribution < 1.29 is 9.90 Å². The summed E-state index contributed by atoms with van der Waals surface area (Å²) in [7, 11) is 6.81. The summed E-state index contributed by atoms with van der Waals surface area (Å²) < 4.78 is 2.23. The van der Waals surface area contributed by atoms with Crippen molar-refractivity contribution in [2.45, 2.75) is 12.8 Å². The molecule has 0 unspecified atom stereocenters. The SMILES string of the molecule is CN(C)CCCCSSNC(=O)O. The van der Waals surface area contributed by atoms with Crippen molar-refractivity contribution >= 4 is 27.9 Å². The number of nitrogens with zero attached hydrogens (tertiary/aromatic N) is 1. The maximum atomic E-state index is 10.0. The molecule has 2 N–H and O–H groups in total. The largest absolute Gasteiger partial charge is 0.464 e. The van der Waals surface area contributed by atoms with E-state index in [1.807, 2.05) is 14.1 Å². The van der Waals surface area contributed by atoms with Crippen LogP contribution in [-0.2, 0) is 0 Å². The topological polar surface area (TPSA) is 52.6 Å². The van der Waals surface area contributed by atoms with Crippen LogP contribution in [0, 0.1) is 0 Å². The standard InChI is InChI=1S/C7H16N2O2S2/c1-9(2)5-3-4-6-12-13-8-7(10)11/h8H,3-6H2,1-2H3,(H,10,11). The Labute approximate surface area is 87.0 Å². The first-order valence-corrected chi connectivity index (χ1v) is 6.37. The van der Waals surface area contributed by atoms with Crippen LogP contribution in [0.25, 0.3) is 0 Å². The first-order valence-electron chi connectivity index (χ1n) is 4.05. The summed E-state index contributed by atoms with van der Waals surface area (Å²) in [5, 5.41) is 8.24. The normalized spacial score (nSPS) is 10.4. The Kier molecular flexibility index (Phi) is 8.48. The minimum atomic E-state index is -0.981. The predicted octanol–water partition coefficient (Wildman–Crippen LogP) is 1.89. The fraction of sp³-hybridized carbons (Fsp3) is 0.857. The molecule has 4 nitrogen and oxygen atoms in total. The second-order valence-electron chi connectivity index (χ2n) is 2.82. The Hall–Kier alpha value is -0.0700. The number of carboxylic acid groups (broad SMARTS) is 1. The van der Waals surface area contributed by atoms with E-state index in [0.29, 0.717) is 0 Å². The third-order valence-electron chi connectivity index (χ3n) is 1.27. The number of hydrogen-bond donors (Lipinski definition) is 2. The highest BCUT2D eigenvalue weighted by molar-refractivity contribution is 8.76. The van der Waals surface area contributed by atoms with E-state index in [1.54, 1.807) is 0 Å². The van der Waals surface area contributed by atoms with Crippen LogP contribution in [-0.4, -0.2) is 42.5 Å². The van der Waals surface area contributed by atoms with E-state index in [4.69, 9.17) is 5.11 Å². The molecular weight excluding hydrogens is 208 g/mol. The lowest BCUT2D eigenvalue weighted by atomic mass is 10.3. The summed E-state index contributed by atoms with van der Waals surface area (Å²) in [5.74, 6) is 0.985. The molecule has 0 aliphatic rings. The number of carbonyl (C=O) groups is 1. The van der Waals surface area contributed by atoms with Crippen LogP contribution < -0.4 is 4.72 Å². The number of rotatable bonds is 7. The van der Waals surface area contributed by atoms with Crippen molar-refractivity contribution in [1.82, 2.24) is 9.62 Å². The van der Waals surface area contributed by atoms with Gasteiger partial charge in [0.15, 0.2) is 0 Å². The van der Waals surface area contributed by atoms with Crippen LogP contribution in [0.2, 0.25) is 0 Å². The van der Waals surface area contributed by atoms with Crippen LogP contribution in [0.5, 0.6) is 0 Å². The van der Waals surface area contributed by atoms with E-state index in [1.165, 1.54) is 21.8 Å². The smallest absolute Gasteiger partial charge is 0.415 e. The predicted molar refractivity (Wildman–Crippen MR) is 59.0 cm³/mol. The van der Waals surface area contributed by atoms with E-state index in [0.717, 1.165) is 25.1 Å². The maximum absolute atomic E-state index is 10.0. The maximum Gasteiger partial charge on any atom is 0.415 e. The summed E-state index contributed by atoms with van der Waals surface area (Å²) in [6.45, 7) is 1.09. The molecule has 0 aromatic carbocycles. The molecule has 0 aliphatic carbocycles. The third-order valence-corrected chi connectivity index (χ3v) is 3.21. The third kappa shape index (κ3) is 11.9. The van der Waals surface area contributed by atoms with Gasteiger partial charge in [-0.25, -0.2) is 4.79 Å². The van der Waals surface area contributed by atoms with Crippen LogP contribution in [0.3, 0.4) is 0 Å². The summed E-state index contributed by atoms with van der Waals surface area (Å²) in [5.41, 5.74) is 0. The number of amides is 1. The van der Waals surface area contributed by atoms with Crippen LogP contribution in [0.4, 0.5) is 4.79 Å². The van der Waals surface area contributed by atoms with Crippen molar-refractivity contribution in [2.24, 2.45) is 0 Å². The van der Waals surface area contributed by atoms with E-state index in [-0.39, 0.29) is 0 Å². The molecule has 0 rings (SSSR count). The average molecular weight is 224 g/mol. The van der Waals surface area contributed by atoms with E-state index < -0.39 is 6.09 Å². The summed E-state index contributed by atoms with van der Waals surface area (Å²) in [4.78, 5) is 12.2. The Morgan fingerprint density at radius 3 is 2.69 bits per heavy atom. The van der Waals surface area contributed by atoms with Gasteiger partial charge in [0, 0.05) is 16.7 Å². The minimum absolute atomic E-state index is 0.981. The van der Waals surface area contributed by atoms with E-state index in [9.17, 15) is 4.79 Å². The van der Waals surface area contributed by atoms with E-state index in [2.05, 4.69) is 9.62 Å². The van der Waals surface area contributed by atoms with Gasteiger partial charge in [0.25, 0.3) is 0 Å². The van der Waals surface area contributed by atoms with Crippen molar-refractivity contribution in [3.63, 3.8) is 0 Å². The highest BCUT2D eigenvalue weighted by Gasteiger charge is 1.95. The molecule has 0 radical (unpaired) electrons. The molecule has 13 heavy (non-hydrogen) atoms. The summed E-state index contributed by atoms with van der Waals surface area (Å²) in [6.07, 6.45) is 1.30. The molecule has 0 fully saturated rings. The van der Waals surface area contributed by atoms with Gasteiger partial charge >= 0.3 is 6.09 Å². The van der Waals surface area contributed by atoms with Crippen LogP contribution in [0.15, 0.2) is 0 Å². The van der Waals surface area contributed by atoms with Gasteiger partial charge in [-0.05, 0) is 33.5 Å². The minimum Gasteiger partial charge on any atom is -0.464 e. The van der Waals surface area contributed by atoms with Gasteiger partial charge in [-0.1, -0.05) is 10.8 Å². The quantitative estimate of drug-likeness (QED) is 0.393. The summed E-state index contributed by atoms with van der Waals surface area (Å²) >= 11 is 0. The van der Waals surface area contributed by atoms with Gasteiger partial charge in [0.2, 0.25) is 0 Å². The Morgan fingerprint density at radius 2 is 2.15 bits per heavy atom. The first kappa shape index (κ1) is 12.9. The molecule has 0 aromatic rings. The first-order chi connectivity index (χ1) is 6.13. The molecule has 6 heteroatoms. The molecule has 0 spiro atoms. The second-order valence-corrected chi connectivity index (χ2v) is 5.04. The zero-order valence-corrected chi connectivity index (χ0v) is 9.58. The lowest BCUT2D eigenvalue weighted by Gasteiger charge is -2.07. The Bertz CT molecular complexity index is 144. The van der Waals surface area contributed by atoms with Gasteiger partial charge in [0.1, 0.15) is 0 Å². The van der Waals surface area contributed by atoms with Crippen LogP contribution in [0.1, 0.15) is 12.8 Å². The molecule has 0 bridgehead atoms. The average Bonchev–Trinajstić information content (AvgIpc) is 2.01. The molecule has 0 aliphatic heterocycles. The van der Waals surface area contributed by atoms with Gasteiger partial charge in [-0.3, -0.25) is 4.72 Å². The monoisotopic (exact) mass is 224 g/mol. The van der Waals surface area contributed by atoms with Crippen molar-refractivity contribution in [3.8, 4) is 0 Å². The molecular formula is C7H16N2O2S2. The second kappa shape index (κ2) is 8.52. The van der Waals surface area contributed by atoms with Crippen LogP contribution >= 0.6 is 21.8 Å². The molecule has 0 atom stereocenters. The Balaban J connectivity index is 2.96. The number of unbranched alkanes of at least 4 members (excludes halogenated alkanes) is 1. The lowest BCUT2D eigenvalue weighted by Crippen LogP contribution is -2.13. The molecule has 0 aromatic heterocycles. The fourth-order valence-electron chi connectivity index (χ4n) is 0.696.